The lowest BCUT2D eigenvalue weighted by molar-refractivity contribution is -0.121. The first-order chi connectivity index (χ1) is 6.08. The monoisotopic (exact) mass is 185 g/mol. The van der Waals surface area contributed by atoms with E-state index in [2.05, 4.69) is 11.9 Å². The molecule has 0 fully saturated rings. The molecule has 0 heterocycles. The molecule has 0 radical (unpaired) electrons. The summed E-state index contributed by atoms with van der Waals surface area (Å²) in [6, 6.07) is 0. The van der Waals surface area contributed by atoms with Crippen molar-refractivity contribution in [1.29, 1.82) is 0 Å². The van der Waals surface area contributed by atoms with Crippen molar-refractivity contribution in [2.24, 2.45) is 0 Å². The summed E-state index contributed by atoms with van der Waals surface area (Å²) in [4.78, 5) is 11.0. The average Bonchev–Trinajstić information content (AvgIpc) is 2.15. The predicted octanol–water partition coefficient (Wildman–Crippen LogP) is 1.23. The Bertz CT molecular complexity index is 174. The van der Waals surface area contributed by atoms with Gasteiger partial charge in [-0.2, -0.15) is 0 Å². The molecule has 13 heavy (non-hydrogen) atoms. The molecule has 76 valence electrons. The topological polar surface area (TPSA) is 49.3 Å². The maximum absolute atomic E-state index is 11.0. The van der Waals surface area contributed by atoms with Crippen LogP contribution in [0, 0.1) is 0 Å². The van der Waals surface area contributed by atoms with E-state index in [1.807, 2.05) is 13.8 Å². The molecular weight excluding hydrogens is 166 g/mol. The molecule has 0 spiro atoms. The van der Waals surface area contributed by atoms with E-state index in [-0.39, 0.29) is 5.91 Å². The third kappa shape index (κ3) is 4.68. The van der Waals surface area contributed by atoms with E-state index in [4.69, 9.17) is 0 Å². The van der Waals surface area contributed by atoms with E-state index in [0.717, 1.165) is 0 Å². The SMILES string of the molecule is C=CCC(=O)NCC(O)(CC)CC. The van der Waals surface area contributed by atoms with Gasteiger partial charge in [0.2, 0.25) is 5.91 Å². The molecule has 3 heteroatoms. The zero-order chi connectivity index (χ0) is 10.3. The van der Waals surface area contributed by atoms with Crippen LogP contribution in [0.15, 0.2) is 12.7 Å². The first kappa shape index (κ1) is 12.2. The standard InChI is InChI=1S/C10H19NO2/c1-4-7-9(12)11-8-10(13,5-2)6-3/h4,13H,1,5-8H2,2-3H3,(H,11,12). The van der Waals surface area contributed by atoms with Crippen LogP contribution in [0.1, 0.15) is 33.1 Å². The minimum Gasteiger partial charge on any atom is -0.388 e. The molecule has 0 aromatic heterocycles. The summed E-state index contributed by atoms with van der Waals surface area (Å²) < 4.78 is 0. The van der Waals surface area contributed by atoms with Gasteiger partial charge in [0, 0.05) is 13.0 Å². The number of nitrogens with one attached hydrogen (secondary N) is 1. The van der Waals surface area contributed by atoms with Crippen molar-refractivity contribution in [2.45, 2.75) is 38.7 Å². The number of hydrogen-bond acceptors (Lipinski definition) is 2. The molecule has 0 saturated carbocycles. The van der Waals surface area contributed by atoms with Gasteiger partial charge >= 0.3 is 0 Å². The van der Waals surface area contributed by atoms with Gasteiger partial charge in [0.1, 0.15) is 0 Å². The van der Waals surface area contributed by atoms with Crippen molar-refractivity contribution in [3.05, 3.63) is 12.7 Å². The summed E-state index contributed by atoms with van der Waals surface area (Å²) in [5.41, 5.74) is -0.753. The van der Waals surface area contributed by atoms with Gasteiger partial charge in [0.25, 0.3) is 0 Å². The third-order valence-electron chi connectivity index (χ3n) is 2.26. The smallest absolute Gasteiger partial charge is 0.223 e. The summed E-state index contributed by atoms with van der Waals surface area (Å²) in [5, 5.41) is 12.5. The highest BCUT2D eigenvalue weighted by atomic mass is 16.3. The van der Waals surface area contributed by atoms with Gasteiger partial charge in [-0.1, -0.05) is 19.9 Å². The van der Waals surface area contributed by atoms with Crippen molar-refractivity contribution in [3.63, 3.8) is 0 Å². The van der Waals surface area contributed by atoms with Crippen LogP contribution in [0.2, 0.25) is 0 Å². The Kier molecular flexibility index (Phi) is 5.39. The van der Waals surface area contributed by atoms with Crippen LogP contribution in [-0.4, -0.2) is 23.2 Å². The van der Waals surface area contributed by atoms with Gasteiger partial charge in [-0.15, -0.1) is 6.58 Å². The molecule has 0 aromatic rings. The van der Waals surface area contributed by atoms with Crippen molar-refractivity contribution >= 4 is 5.91 Å². The molecule has 0 aromatic carbocycles. The quantitative estimate of drug-likeness (QED) is 0.611. The number of carbonyl (C=O) groups excluding carboxylic acids is 1. The van der Waals surface area contributed by atoms with Gasteiger partial charge < -0.3 is 10.4 Å². The molecule has 2 N–H and O–H groups in total. The lowest BCUT2D eigenvalue weighted by Crippen LogP contribution is -2.41. The molecule has 0 bridgehead atoms. The normalized spacial score (nSPS) is 11.0. The Balaban J connectivity index is 3.84. The largest absolute Gasteiger partial charge is 0.388 e. The number of hydrogen-bond donors (Lipinski definition) is 2. The highest BCUT2D eigenvalue weighted by Crippen LogP contribution is 2.12. The van der Waals surface area contributed by atoms with Gasteiger partial charge in [0.05, 0.1) is 5.60 Å². The lowest BCUT2D eigenvalue weighted by atomic mass is 9.97. The first-order valence-corrected chi connectivity index (χ1v) is 4.68. The van der Waals surface area contributed by atoms with Crippen molar-refractivity contribution < 1.29 is 9.90 Å². The number of carbonyl (C=O) groups is 1. The molecular formula is C10H19NO2. The van der Waals surface area contributed by atoms with Crippen LogP contribution < -0.4 is 5.32 Å². The van der Waals surface area contributed by atoms with E-state index in [1.165, 1.54) is 0 Å². The fraction of sp³-hybridized carbons (Fsp3) is 0.700. The minimum absolute atomic E-state index is 0.0877. The maximum Gasteiger partial charge on any atom is 0.223 e. The highest BCUT2D eigenvalue weighted by Gasteiger charge is 2.22. The summed E-state index contributed by atoms with van der Waals surface area (Å²) >= 11 is 0. The minimum atomic E-state index is -0.753. The zero-order valence-corrected chi connectivity index (χ0v) is 8.47. The second-order valence-electron chi connectivity index (χ2n) is 3.20. The van der Waals surface area contributed by atoms with E-state index >= 15 is 0 Å². The Morgan fingerprint density at radius 1 is 1.54 bits per heavy atom. The lowest BCUT2D eigenvalue weighted by Gasteiger charge is -2.25. The van der Waals surface area contributed by atoms with Crippen LogP contribution in [0.25, 0.3) is 0 Å². The molecule has 0 atom stereocenters. The van der Waals surface area contributed by atoms with Crippen molar-refractivity contribution in [1.82, 2.24) is 5.32 Å². The van der Waals surface area contributed by atoms with Crippen LogP contribution in [0.5, 0.6) is 0 Å². The van der Waals surface area contributed by atoms with Gasteiger partial charge in [0.15, 0.2) is 0 Å². The molecule has 0 aliphatic rings. The van der Waals surface area contributed by atoms with E-state index < -0.39 is 5.60 Å². The van der Waals surface area contributed by atoms with Crippen molar-refractivity contribution in [3.8, 4) is 0 Å². The Hall–Kier alpha value is -0.830. The van der Waals surface area contributed by atoms with E-state index in [1.54, 1.807) is 6.08 Å². The Morgan fingerprint density at radius 2 is 2.08 bits per heavy atom. The maximum atomic E-state index is 11.0. The van der Waals surface area contributed by atoms with Crippen LogP contribution >= 0.6 is 0 Å². The molecule has 1 amide bonds. The van der Waals surface area contributed by atoms with Gasteiger partial charge in [-0.3, -0.25) is 4.79 Å². The predicted molar refractivity (Wildman–Crippen MR) is 53.4 cm³/mol. The average molecular weight is 185 g/mol. The molecule has 0 saturated heterocycles. The molecule has 0 unspecified atom stereocenters. The van der Waals surface area contributed by atoms with Crippen LogP contribution in [0.3, 0.4) is 0 Å². The summed E-state index contributed by atoms with van der Waals surface area (Å²) in [6.45, 7) is 7.60. The second-order valence-corrected chi connectivity index (χ2v) is 3.20. The first-order valence-electron chi connectivity index (χ1n) is 4.68. The second kappa shape index (κ2) is 5.75. The molecule has 0 rings (SSSR count). The van der Waals surface area contributed by atoms with Crippen molar-refractivity contribution in [2.75, 3.05) is 6.54 Å². The molecule has 3 nitrogen and oxygen atoms in total. The highest BCUT2D eigenvalue weighted by molar-refractivity contribution is 5.77. The molecule has 0 aliphatic heterocycles. The zero-order valence-electron chi connectivity index (χ0n) is 8.47. The summed E-state index contributed by atoms with van der Waals surface area (Å²) in [6.07, 6.45) is 3.16. The van der Waals surface area contributed by atoms with Crippen LogP contribution in [0.4, 0.5) is 0 Å². The summed E-state index contributed by atoms with van der Waals surface area (Å²) in [5.74, 6) is -0.0877. The van der Waals surface area contributed by atoms with E-state index in [0.29, 0.717) is 25.8 Å². The Labute approximate surface area is 79.8 Å². The fourth-order valence-corrected chi connectivity index (χ4v) is 0.966. The number of rotatable bonds is 6. The van der Waals surface area contributed by atoms with Gasteiger partial charge in [-0.05, 0) is 12.8 Å². The van der Waals surface area contributed by atoms with E-state index in [9.17, 15) is 9.90 Å². The Morgan fingerprint density at radius 3 is 2.46 bits per heavy atom. The third-order valence-corrected chi connectivity index (χ3v) is 2.26. The number of aliphatic hydroxyl groups is 1. The summed E-state index contributed by atoms with van der Waals surface area (Å²) in [7, 11) is 0. The molecule has 0 aliphatic carbocycles. The van der Waals surface area contributed by atoms with Crippen LogP contribution in [-0.2, 0) is 4.79 Å². The van der Waals surface area contributed by atoms with Gasteiger partial charge in [-0.25, -0.2) is 0 Å². The number of amides is 1. The fourth-order valence-electron chi connectivity index (χ4n) is 0.966.